The highest BCUT2D eigenvalue weighted by atomic mass is 19.4. The van der Waals surface area contributed by atoms with Gasteiger partial charge in [0, 0.05) is 42.4 Å². The highest BCUT2D eigenvalue weighted by molar-refractivity contribution is 5.93. The number of carbonyl (C=O) groups excluding carboxylic acids is 1. The molecule has 2 aromatic rings. The van der Waals surface area contributed by atoms with Gasteiger partial charge in [-0.05, 0) is 44.9 Å². The minimum absolute atomic E-state index is 0.130. The van der Waals surface area contributed by atoms with Gasteiger partial charge in [0.15, 0.2) is 0 Å². The number of esters is 1. The molecule has 1 aliphatic rings. The number of rotatable bonds is 7. The maximum Gasteiger partial charge on any atom is 0.406 e. The van der Waals surface area contributed by atoms with Crippen molar-refractivity contribution >= 4 is 22.6 Å². The fourth-order valence-corrected chi connectivity index (χ4v) is 4.15. The first-order valence-corrected chi connectivity index (χ1v) is 10.9. The molecule has 31 heavy (non-hydrogen) atoms. The predicted octanol–water partition coefficient (Wildman–Crippen LogP) is 4.98. The van der Waals surface area contributed by atoms with Crippen molar-refractivity contribution in [2.75, 3.05) is 25.0 Å². The second kappa shape index (κ2) is 9.51. The van der Waals surface area contributed by atoms with Crippen molar-refractivity contribution in [1.29, 1.82) is 0 Å². The Morgan fingerprint density at radius 1 is 1.23 bits per heavy atom. The number of hydrogen-bond acceptors (Lipinski definition) is 4. The summed E-state index contributed by atoms with van der Waals surface area (Å²) >= 11 is 0. The highest BCUT2D eigenvalue weighted by Gasteiger charge is 2.29. The topological polar surface area (TPSA) is 46.5 Å². The molecule has 8 heteroatoms. The monoisotopic (exact) mass is 439 g/mol. The summed E-state index contributed by atoms with van der Waals surface area (Å²) in [6, 6.07) is 7.54. The summed E-state index contributed by atoms with van der Waals surface area (Å²) in [6.07, 6.45) is -2.56. The van der Waals surface area contributed by atoms with Gasteiger partial charge in [-0.1, -0.05) is 19.9 Å². The number of aryl methyl sites for hydroxylation is 1. The molecule has 0 spiro atoms. The zero-order chi connectivity index (χ0) is 22.8. The number of carbonyl (C=O) groups is 1. The average molecular weight is 440 g/mol. The van der Waals surface area contributed by atoms with Gasteiger partial charge in [-0.25, -0.2) is 0 Å². The van der Waals surface area contributed by atoms with Crippen LogP contribution in [-0.4, -0.2) is 53.4 Å². The number of anilines is 1. The smallest absolute Gasteiger partial charge is 0.406 e. The Morgan fingerprint density at radius 2 is 1.90 bits per heavy atom. The van der Waals surface area contributed by atoms with Crippen LogP contribution in [0.4, 0.5) is 18.9 Å². The quantitative estimate of drug-likeness (QED) is 0.619. The van der Waals surface area contributed by atoms with Crippen LogP contribution in [0.25, 0.3) is 10.9 Å². The molecule has 172 valence electrons. The van der Waals surface area contributed by atoms with Gasteiger partial charge in [-0.2, -0.15) is 13.2 Å². The third kappa shape index (κ3) is 6.15. The molecule has 1 unspecified atom stereocenters. The van der Waals surface area contributed by atoms with Crippen molar-refractivity contribution in [1.82, 2.24) is 9.47 Å². The Bertz CT molecular complexity index is 899. The van der Waals surface area contributed by atoms with Crippen LogP contribution in [0.15, 0.2) is 24.3 Å². The van der Waals surface area contributed by atoms with Crippen molar-refractivity contribution in [3.8, 4) is 0 Å². The van der Waals surface area contributed by atoms with E-state index in [1.54, 1.807) is 19.1 Å². The van der Waals surface area contributed by atoms with Crippen LogP contribution in [0.1, 0.15) is 39.3 Å². The summed E-state index contributed by atoms with van der Waals surface area (Å²) < 4.78 is 45.7. The van der Waals surface area contributed by atoms with E-state index >= 15 is 0 Å². The van der Waals surface area contributed by atoms with E-state index in [4.69, 9.17) is 4.74 Å². The molecule has 3 rings (SSSR count). The molecular formula is C23H32F3N3O2. The molecule has 0 aliphatic carbocycles. The molecule has 0 radical (unpaired) electrons. The van der Waals surface area contributed by atoms with Gasteiger partial charge >= 0.3 is 12.1 Å². The van der Waals surface area contributed by atoms with Crippen LogP contribution in [0.3, 0.4) is 0 Å². The molecule has 1 N–H and O–H groups in total. The number of benzene rings is 1. The number of hydrogen-bond donors (Lipinski definition) is 1. The van der Waals surface area contributed by atoms with Crippen molar-refractivity contribution in [2.24, 2.45) is 5.92 Å². The molecule has 0 saturated carbocycles. The first kappa shape index (κ1) is 23.4. The summed E-state index contributed by atoms with van der Waals surface area (Å²) in [4.78, 5) is 14.0. The Kier molecular flexibility index (Phi) is 7.19. The Balaban J connectivity index is 1.59. The zero-order valence-corrected chi connectivity index (χ0v) is 18.6. The fraction of sp³-hybridized carbons (Fsp3) is 0.609. The molecule has 0 amide bonds. The number of nitrogens with zero attached hydrogens (tertiary/aromatic N) is 2. The van der Waals surface area contributed by atoms with Crippen LogP contribution in [0.2, 0.25) is 0 Å². The molecule has 0 bridgehead atoms. The number of fused-ring (bicyclic) bond motifs is 1. The standard InChI is InChI=1S/C23H32F3N3O2/c1-15(2)22(30)31-17(4)13-28-10-8-18(9-11-28)27-20-6-5-7-21-19(20)12-16(3)29(21)14-23(24,25)26/h5-7,12,15,17-18,27H,8-11,13-14H2,1-4H3. The minimum atomic E-state index is -4.26. The van der Waals surface area contributed by atoms with Gasteiger partial charge in [0.25, 0.3) is 0 Å². The molecule has 1 aromatic heterocycles. The maximum absolute atomic E-state index is 13.0. The van der Waals surface area contributed by atoms with Crippen LogP contribution in [-0.2, 0) is 16.1 Å². The van der Waals surface area contributed by atoms with Crippen LogP contribution >= 0.6 is 0 Å². The molecule has 5 nitrogen and oxygen atoms in total. The lowest BCUT2D eigenvalue weighted by Crippen LogP contribution is -2.43. The van der Waals surface area contributed by atoms with E-state index in [1.807, 2.05) is 32.9 Å². The molecule has 1 saturated heterocycles. The average Bonchev–Trinajstić information content (AvgIpc) is 2.98. The molecule has 2 heterocycles. The van der Waals surface area contributed by atoms with Gasteiger partial charge in [-0.15, -0.1) is 0 Å². The third-order valence-corrected chi connectivity index (χ3v) is 5.74. The zero-order valence-electron chi connectivity index (χ0n) is 18.6. The normalized spacial score (nSPS) is 17.3. The number of halogens is 3. The molecular weight excluding hydrogens is 407 g/mol. The number of alkyl halides is 3. The van der Waals surface area contributed by atoms with Crippen molar-refractivity contribution < 1.29 is 22.7 Å². The fourth-order valence-electron chi connectivity index (χ4n) is 4.15. The van der Waals surface area contributed by atoms with E-state index in [2.05, 4.69) is 10.2 Å². The van der Waals surface area contributed by atoms with E-state index < -0.39 is 12.7 Å². The van der Waals surface area contributed by atoms with Gasteiger partial charge in [0.2, 0.25) is 0 Å². The number of aromatic nitrogens is 1. The third-order valence-electron chi connectivity index (χ3n) is 5.74. The summed E-state index contributed by atoms with van der Waals surface area (Å²) in [7, 11) is 0. The van der Waals surface area contributed by atoms with Crippen LogP contribution in [0.5, 0.6) is 0 Å². The Labute approximate surface area is 181 Å². The lowest BCUT2D eigenvalue weighted by molar-refractivity contribution is -0.153. The predicted molar refractivity (Wildman–Crippen MR) is 116 cm³/mol. The number of likely N-dealkylation sites (tertiary alicyclic amines) is 1. The SMILES string of the molecule is Cc1cc2c(NC3CCN(CC(C)OC(=O)C(C)C)CC3)cccc2n1CC(F)(F)F. The van der Waals surface area contributed by atoms with E-state index in [-0.39, 0.29) is 24.0 Å². The summed E-state index contributed by atoms with van der Waals surface area (Å²) in [6.45, 7) is 8.76. The summed E-state index contributed by atoms with van der Waals surface area (Å²) in [5, 5.41) is 4.36. The second-order valence-electron chi connectivity index (χ2n) is 8.85. The van der Waals surface area contributed by atoms with Gasteiger partial charge in [0.05, 0.1) is 11.4 Å². The highest BCUT2D eigenvalue weighted by Crippen LogP contribution is 2.31. The maximum atomic E-state index is 13.0. The van der Waals surface area contributed by atoms with Crippen LogP contribution in [0, 0.1) is 12.8 Å². The lowest BCUT2D eigenvalue weighted by atomic mass is 10.0. The Morgan fingerprint density at radius 3 is 2.52 bits per heavy atom. The molecule has 1 aliphatic heterocycles. The number of piperidine rings is 1. The van der Waals surface area contributed by atoms with Crippen molar-refractivity contribution in [3.63, 3.8) is 0 Å². The largest absolute Gasteiger partial charge is 0.461 e. The van der Waals surface area contributed by atoms with Crippen molar-refractivity contribution in [2.45, 2.75) is 65.4 Å². The minimum Gasteiger partial charge on any atom is -0.461 e. The van der Waals surface area contributed by atoms with Gasteiger partial charge in [-0.3, -0.25) is 9.69 Å². The molecule has 1 aromatic carbocycles. The first-order valence-electron chi connectivity index (χ1n) is 10.9. The summed E-state index contributed by atoms with van der Waals surface area (Å²) in [5.41, 5.74) is 2.07. The first-order chi connectivity index (χ1) is 14.5. The van der Waals surface area contributed by atoms with Crippen LogP contribution < -0.4 is 5.32 Å². The Hall–Kier alpha value is -2.22. The van der Waals surface area contributed by atoms with Crippen molar-refractivity contribution in [3.05, 3.63) is 30.0 Å². The summed E-state index contributed by atoms with van der Waals surface area (Å²) in [5.74, 6) is -0.306. The van der Waals surface area contributed by atoms with E-state index in [0.717, 1.165) is 37.0 Å². The van der Waals surface area contributed by atoms with E-state index in [9.17, 15) is 18.0 Å². The molecule has 1 fully saturated rings. The second-order valence-corrected chi connectivity index (χ2v) is 8.85. The lowest BCUT2D eigenvalue weighted by Gasteiger charge is -2.34. The van der Waals surface area contributed by atoms with E-state index in [1.165, 1.54) is 4.57 Å². The van der Waals surface area contributed by atoms with Gasteiger partial charge < -0.3 is 14.6 Å². The number of nitrogens with one attached hydrogen (secondary N) is 1. The number of ether oxygens (including phenoxy) is 1. The van der Waals surface area contributed by atoms with E-state index in [0.29, 0.717) is 17.8 Å². The van der Waals surface area contributed by atoms with Gasteiger partial charge in [0.1, 0.15) is 12.6 Å². The molecule has 1 atom stereocenters.